The quantitative estimate of drug-likeness (QED) is 0.546. The van der Waals surface area contributed by atoms with Gasteiger partial charge in [-0.1, -0.05) is 12.1 Å². The van der Waals surface area contributed by atoms with Crippen LogP contribution in [0, 0.1) is 0 Å². The summed E-state index contributed by atoms with van der Waals surface area (Å²) in [5, 5.41) is 7.13. The summed E-state index contributed by atoms with van der Waals surface area (Å²) in [5.41, 5.74) is 1.61. The number of benzene rings is 2. The molecular weight excluding hydrogens is 414 g/mol. The first-order valence-electron chi connectivity index (χ1n) is 9.77. The van der Waals surface area contributed by atoms with Gasteiger partial charge in [0.2, 0.25) is 11.7 Å². The number of nitrogens with zero attached hydrogens (tertiary/aromatic N) is 2. The highest BCUT2D eigenvalue weighted by Crippen LogP contribution is 2.40. The van der Waals surface area contributed by atoms with Gasteiger partial charge in [-0.3, -0.25) is 9.59 Å². The van der Waals surface area contributed by atoms with E-state index in [9.17, 15) is 9.59 Å². The van der Waals surface area contributed by atoms with E-state index in [1.54, 1.807) is 25.3 Å². The van der Waals surface area contributed by atoms with E-state index in [0.29, 0.717) is 40.8 Å². The minimum absolute atomic E-state index is 0.221. The van der Waals surface area contributed by atoms with E-state index in [4.69, 9.17) is 18.9 Å². The number of carbonyl (C=O) groups excluding carboxylic acids is 1. The molecule has 32 heavy (non-hydrogen) atoms. The average molecular weight is 439 g/mol. The van der Waals surface area contributed by atoms with E-state index in [1.165, 1.54) is 27.4 Å². The van der Waals surface area contributed by atoms with Crippen LogP contribution in [0.25, 0.3) is 11.3 Å². The normalized spacial score (nSPS) is 10.4. The first-order valence-corrected chi connectivity index (χ1v) is 9.77. The fraction of sp³-hybridized carbons (Fsp3) is 0.261. The summed E-state index contributed by atoms with van der Waals surface area (Å²) >= 11 is 0. The fourth-order valence-electron chi connectivity index (χ4n) is 3.12. The molecule has 0 saturated carbocycles. The minimum atomic E-state index is -0.391. The minimum Gasteiger partial charge on any atom is -0.497 e. The molecule has 2 aromatic carbocycles. The van der Waals surface area contributed by atoms with Gasteiger partial charge in [0.05, 0.1) is 34.1 Å². The SMILES string of the molecule is COc1cccc(CNC(=O)Cn2nc(-c3cc(OC)c(OC)c(OC)c3)ccc2=O)c1. The number of amides is 1. The second-order valence-corrected chi connectivity index (χ2v) is 6.76. The van der Waals surface area contributed by atoms with Gasteiger partial charge >= 0.3 is 0 Å². The predicted octanol–water partition coefficient (Wildman–Crippen LogP) is 2.26. The first kappa shape index (κ1) is 22.7. The average Bonchev–Trinajstić information content (AvgIpc) is 2.83. The molecular formula is C23H25N3O6. The molecule has 0 bridgehead atoms. The molecule has 3 aromatic rings. The number of methoxy groups -OCH3 is 4. The van der Waals surface area contributed by atoms with Gasteiger partial charge < -0.3 is 24.3 Å². The molecule has 1 amide bonds. The lowest BCUT2D eigenvalue weighted by Gasteiger charge is -2.14. The molecule has 0 atom stereocenters. The maximum absolute atomic E-state index is 12.4. The molecule has 0 aliphatic carbocycles. The number of aromatic nitrogens is 2. The largest absolute Gasteiger partial charge is 0.497 e. The van der Waals surface area contributed by atoms with Crippen molar-refractivity contribution in [2.24, 2.45) is 0 Å². The van der Waals surface area contributed by atoms with Gasteiger partial charge in [0.1, 0.15) is 12.3 Å². The number of carbonyl (C=O) groups is 1. The number of hydrogen-bond donors (Lipinski definition) is 1. The molecule has 0 radical (unpaired) electrons. The van der Waals surface area contributed by atoms with Gasteiger partial charge in [0.15, 0.2) is 11.5 Å². The van der Waals surface area contributed by atoms with E-state index in [2.05, 4.69) is 10.4 Å². The molecule has 168 valence electrons. The molecule has 3 rings (SSSR count). The van der Waals surface area contributed by atoms with Crippen molar-refractivity contribution in [1.82, 2.24) is 15.1 Å². The van der Waals surface area contributed by atoms with E-state index in [-0.39, 0.29) is 12.5 Å². The molecule has 9 heteroatoms. The van der Waals surface area contributed by atoms with E-state index < -0.39 is 5.56 Å². The van der Waals surface area contributed by atoms with Crippen molar-refractivity contribution in [2.45, 2.75) is 13.1 Å². The summed E-state index contributed by atoms with van der Waals surface area (Å²) in [6.45, 7) is 0.0818. The van der Waals surface area contributed by atoms with Crippen molar-refractivity contribution < 1.29 is 23.7 Å². The second-order valence-electron chi connectivity index (χ2n) is 6.76. The molecule has 0 spiro atoms. The van der Waals surface area contributed by atoms with Crippen LogP contribution in [0.2, 0.25) is 0 Å². The van der Waals surface area contributed by atoms with Gasteiger partial charge in [-0.15, -0.1) is 0 Å². The summed E-state index contributed by atoms with van der Waals surface area (Å²) < 4.78 is 22.4. The monoisotopic (exact) mass is 439 g/mol. The van der Waals surface area contributed by atoms with Gasteiger partial charge in [0.25, 0.3) is 5.56 Å². The van der Waals surface area contributed by atoms with Crippen LogP contribution < -0.4 is 29.8 Å². The number of nitrogens with one attached hydrogen (secondary N) is 1. The van der Waals surface area contributed by atoms with Crippen molar-refractivity contribution in [1.29, 1.82) is 0 Å². The summed E-state index contributed by atoms with van der Waals surface area (Å²) in [5.74, 6) is 1.72. The summed E-state index contributed by atoms with van der Waals surface area (Å²) in [6.07, 6.45) is 0. The standard InChI is InChI=1S/C23H25N3O6/c1-29-17-7-5-6-15(10-17)13-24-21(27)14-26-22(28)9-8-18(25-26)16-11-19(30-2)23(32-4)20(12-16)31-3/h5-12H,13-14H2,1-4H3,(H,24,27). The molecule has 0 unspecified atom stereocenters. The number of rotatable bonds is 9. The van der Waals surface area contributed by atoms with Crippen molar-refractivity contribution >= 4 is 5.91 Å². The number of hydrogen-bond acceptors (Lipinski definition) is 7. The Balaban J connectivity index is 1.80. The molecule has 0 aliphatic heterocycles. The first-order chi connectivity index (χ1) is 15.5. The van der Waals surface area contributed by atoms with Crippen molar-refractivity contribution in [3.8, 4) is 34.3 Å². The molecule has 1 N–H and O–H groups in total. The molecule has 1 aromatic heterocycles. The summed E-state index contributed by atoms with van der Waals surface area (Å²) in [4.78, 5) is 24.7. The predicted molar refractivity (Wildman–Crippen MR) is 118 cm³/mol. The van der Waals surface area contributed by atoms with Crippen LogP contribution in [0.5, 0.6) is 23.0 Å². The maximum Gasteiger partial charge on any atom is 0.267 e. The maximum atomic E-state index is 12.4. The van der Waals surface area contributed by atoms with Gasteiger partial charge in [-0.25, -0.2) is 4.68 Å². The van der Waals surface area contributed by atoms with Crippen molar-refractivity contribution in [3.63, 3.8) is 0 Å². The van der Waals surface area contributed by atoms with Crippen LogP contribution in [0.3, 0.4) is 0 Å². The smallest absolute Gasteiger partial charge is 0.267 e. The van der Waals surface area contributed by atoms with Crippen molar-refractivity contribution in [3.05, 3.63) is 64.4 Å². The Morgan fingerprint density at radius 2 is 1.66 bits per heavy atom. The Morgan fingerprint density at radius 1 is 0.938 bits per heavy atom. The third-order valence-corrected chi connectivity index (χ3v) is 4.74. The van der Waals surface area contributed by atoms with Crippen LogP contribution in [-0.4, -0.2) is 44.1 Å². The molecule has 1 heterocycles. The Hall–Kier alpha value is -4.01. The van der Waals surface area contributed by atoms with E-state index >= 15 is 0 Å². The van der Waals surface area contributed by atoms with E-state index in [1.807, 2.05) is 24.3 Å². The molecule has 0 aliphatic rings. The summed E-state index contributed by atoms with van der Waals surface area (Å²) in [7, 11) is 6.13. The molecule has 9 nitrogen and oxygen atoms in total. The fourth-order valence-corrected chi connectivity index (χ4v) is 3.12. The van der Waals surface area contributed by atoms with Gasteiger partial charge in [-0.05, 0) is 35.9 Å². The zero-order valence-corrected chi connectivity index (χ0v) is 18.4. The van der Waals surface area contributed by atoms with Crippen LogP contribution in [0.4, 0.5) is 0 Å². The van der Waals surface area contributed by atoms with Crippen LogP contribution in [0.15, 0.2) is 53.3 Å². The zero-order valence-electron chi connectivity index (χ0n) is 18.4. The lowest BCUT2D eigenvalue weighted by Crippen LogP contribution is -2.33. The van der Waals surface area contributed by atoms with Crippen LogP contribution >= 0.6 is 0 Å². The highest BCUT2D eigenvalue weighted by atomic mass is 16.5. The Bertz CT molecular complexity index is 1130. The highest BCUT2D eigenvalue weighted by molar-refractivity contribution is 5.75. The van der Waals surface area contributed by atoms with Gasteiger partial charge in [-0.2, -0.15) is 5.10 Å². The van der Waals surface area contributed by atoms with Crippen molar-refractivity contribution in [2.75, 3.05) is 28.4 Å². The second kappa shape index (κ2) is 10.3. The Kier molecular flexibility index (Phi) is 7.33. The zero-order chi connectivity index (χ0) is 23.1. The lowest BCUT2D eigenvalue weighted by molar-refractivity contribution is -0.122. The van der Waals surface area contributed by atoms with Gasteiger partial charge in [0, 0.05) is 18.2 Å². The third-order valence-electron chi connectivity index (χ3n) is 4.74. The third kappa shape index (κ3) is 5.18. The topological polar surface area (TPSA) is 101 Å². The van der Waals surface area contributed by atoms with E-state index in [0.717, 1.165) is 10.2 Å². The highest BCUT2D eigenvalue weighted by Gasteiger charge is 2.16. The lowest BCUT2D eigenvalue weighted by atomic mass is 10.1. The molecule has 0 fully saturated rings. The Morgan fingerprint density at radius 3 is 2.28 bits per heavy atom. The summed E-state index contributed by atoms with van der Waals surface area (Å²) in [6, 6.07) is 13.8. The molecule has 0 saturated heterocycles. The Labute approximate surface area is 185 Å². The van der Waals surface area contributed by atoms with Crippen LogP contribution in [0.1, 0.15) is 5.56 Å². The number of ether oxygens (including phenoxy) is 4. The van der Waals surface area contributed by atoms with Crippen LogP contribution in [-0.2, 0) is 17.9 Å².